The lowest BCUT2D eigenvalue weighted by Crippen LogP contribution is -2.51. The van der Waals surface area contributed by atoms with Crippen LogP contribution in [0.15, 0.2) is 30.3 Å². The molecule has 2 amide bonds. The summed E-state index contributed by atoms with van der Waals surface area (Å²) >= 11 is 0. The van der Waals surface area contributed by atoms with Crippen molar-refractivity contribution in [2.75, 3.05) is 13.1 Å². The third kappa shape index (κ3) is 4.71. The molecule has 1 aliphatic heterocycles. The standard InChI is InChI=1S/C19H29N3O2/c23-18-11-5-4-10-17(18)21-19(24)20-13-16-9-6-12-22(16)14-15-7-2-1-3-8-15/h1-3,7-8,16-18,23H,4-6,9-14H2,(H2,20,21,24). The van der Waals surface area contributed by atoms with E-state index in [0.717, 1.165) is 45.2 Å². The van der Waals surface area contributed by atoms with Crippen LogP contribution >= 0.6 is 0 Å². The Morgan fingerprint density at radius 2 is 1.92 bits per heavy atom. The molecule has 3 rings (SSSR count). The van der Waals surface area contributed by atoms with Gasteiger partial charge in [-0.2, -0.15) is 0 Å². The summed E-state index contributed by atoms with van der Waals surface area (Å²) in [6.07, 6.45) is 5.70. The molecule has 2 fully saturated rings. The molecule has 0 bridgehead atoms. The Hall–Kier alpha value is -1.59. The van der Waals surface area contributed by atoms with Crippen LogP contribution in [-0.2, 0) is 6.54 Å². The van der Waals surface area contributed by atoms with Crippen LogP contribution in [0.3, 0.4) is 0 Å². The highest BCUT2D eigenvalue weighted by atomic mass is 16.3. The fourth-order valence-corrected chi connectivity index (χ4v) is 3.86. The molecule has 1 saturated carbocycles. The average Bonchev–Trinajstić information content (AvgIpc) is 3.03. The number of carbonyl (C=O) groups excluding carboxylic acids is 1. The highest BCUT2D eigenvalue weighted by Gasteiger charge is 2.27. The first-order valence-corrected chi connectivity index (χ1v) is 9.23. The minimum Gasteiger partial charge on any atom is -0.391 e. The summed E-state index contributed by atoms with van der Waals surface area (Å²) in [6, 6.07) is 10.6. The number of nitrogens with one attached hydrogen (secondary N) is 2. The first-order valence-electron chi connectivity index (χ1n) is 9.23. The number of rotatable bonds is 5. The van der Waals surface area contributed by atoms with Crippen molar-refractivity contribution < 1.29 is 9.90 Å². The van der Waals surface area contributed by atoms with Gasteiger partial charge < -0.3 is 15.7 Å². The fourth-order valence-electron chi connectivity index (χ4n) is 3.86. The Morgan fingerprint density at radius 1 is 1.12 bits per heavy atom. The second kappa shape index (κ2) is 8.49. The van der Waals surface area contributed by atoms with Gasteiger partial charge in [0.05, 0.1) is 12.1 Å². The van der Waals surface area contributed by atoms with Gasteiger partial charge in [-0.3, -0.25) is 4.90 Å². The molecule has 3 unspecified atom stereocenters. The smallest absolute Gasteiger partial charge is 0.315 e. The topological polar surface area (TPSA) is 64.6 Å². The number of likely N-dealkylation sites (tertiary alicyclic amines) is 1. The molecule has 1 aromatic rings. The zero-order chi connectivity index (χ0) is 16.8. The molecule has 24 heavy (non-hydrogen) atoms. The van der Waals surface area contributed by atoms with Gasteiger partial charge in [0.15, 0.2) is 0 Å². The van der Waals surface area contributed by atoms with E-state index in [1.54, 1.807) is 0 Å². The van der Waals surface area contributed by atoms with Crippen LogP contribution < -0.4 is 10.6 Å². The van der Waals surface area contributed by atoms with Gasteiger partial charge in [-0.15, -0.1) is 0 Å². The number of amides is 2. The van der Waals surface area contributed by atoms with Crippen molar-refractivity contribution in [3.63, 3.8) is 0 Å². The van der Waals surface area contributed by atoms with Crippen LogP contribution in [0.4, 0.5) is 4.79 Å². The number of urea groups is 1. The Labute approximate surface area is 144 Å². The van der Waals surface area contributed by atoms with Crippen molar-refractivity contribution in [1.82, 2.24) is 15.5 Å². The van der Waals surface area contributed by atoms with Gasteiger partial charge in [-0.25, -0.2) is 4.79 Å². The third-order valence-electron chi connectivity index (χ3n) is 5.27. The van der Waals surface area contributed by atoms with Gasteiger partial charge in [0, 0.05) is 19.1 Å². The molecule has 5 nitrogen and oxygen atoms in total. The van der Waals surface area contributed by atoms with Gasteiger partial charge in [-0.1, -0.05) is 43.2 Å². The van der Waals surface area contributed by atoms with Gasteiger partial charge in [-0.05, 0) is 37.8 Å². The monoisotopic (exact) mass is 331 g/mol. The summed E-state index contributed by atoms with van der Waals surface area (Å²) in [7, 11) is 0. The largest absolute Gasteiger partial charge is 0.391 e. The normalized spacial score (nSPS) is 27.8. The first-order chi connectivity index (χ1) is 11.7. The number of nitrogens with zero attached hydrogens (tertiary/aromatic N) is 1. The molecule has 3 N–H and O–H groups in total. The van der Waals surface area contributed by atoms with Gasteiger partial charge in [0.1, 0.15) is 0 Å². The molecular weight excluding hydrogens is 302 g/mol. The summed E-state index contributed by atoms with van der Waals surface area (Å²) in [4.78, 5) is 14.6. The van der Waals surface area contributed by atoms with E-state index >= 15 is 0 Å². The SMILES string of the molecule is O=C(NCC1CCCN1Cc1ccccc1)NC1CCCCC1O. The number of aliphatic hydroxyl groups excluding tert-OH is 1. The number of aliphatic hydroxyl groups is 1. The van der Waals surface area contributed by atoms with Crippen LogP contribution in [0.25, 0.3) is 0 Å². The molecule has 0 spiro atoms. The molecule has 1 aromatic carbocycles. The number of hydrogen-bond donors (Lipinski definition) is 3. The molecule has 132 valence electrons. The number of hydrogen-bond acceptors (Lipinski definition) is 3. The molecular formula is C19H29N3O2. The van der Waals surface area contributed by atoms with Crippen LogP contribution in [0.1, 0.15) is 44.1 Å². The summed E-state index contributed by atoms with van der Waals surface area (Å²) in [6.45, 7) is 2.70. The van der Waals surface area contributed by atoms with Crippen molar-refractivity contribution in [2.45, 2.75) is 63.3 Å². The summed E-state index contributed by atoms with van der Waals surface area (Å²) < 4.78 is 0. The predicted molar refractivity (Wildman–Crippen MR) is 94.7 cm³/mol. The molecule has 3 atom stereocenters. The van der Waals surface area contributed by atoms with Crippen molar-refractivity contribution in [1.29, 1.82) is 0 Å². The van der Waals surface area contributed by atoms with Crippen molar-refractivity contribution in [3.05, 3.63) is 35.9 Å². The maximum Gasteiger partial charge on any atom is 0.315 e. The van der Waals surface area contributed by atoms with Gasteiger partial charge >= 0.3 is 6.03 Å². The molecule has 5 heteroatoms. The lowest BCUT2D eigenvalue weighted by atomic mass is 9.93. The molecule has 2 aliphatic rings. The van der Waals surface area contributed by atoms with Crippen molar-refractivity contribution in [3.8, 4) is 0 Å². The molecule has 0 radical (unpaired) electrons. The van der Waals surface area contributed by atoms with E-state index in [4.69, 9.17) is 0 Å². The molecule has 1 aliphatic carbocycles. The second-order valence-electron chi connectivity index (χ2n) is 7.06. The van der Waals surface area contributed by atoms with E-state index < -0.39 is 6.10 Å². The van der Waals surface area contributed by atoms with Crippen molar-refractivity contribution >= 4 is 6.03 Å². The number of benzene rings is 1. The maximum atomic E-state index is 12.1. The summed E-state index contributed by atoms with van der Waals surface area (Å²) in [5.74, 6) is 0. The Balaban J connectivity index is 1.44. The minimum absolute atomic E-state index is 0.0947. The highest BCUT2D eigenvalue weighted by molar-refractivity contribution is 5.74. The quantitative estimate of drug-likeness (QED) is 0.775. The highest BCUT2D eigenvalue weighted by Crippen LogP contribution is 2.20. The van der Waals surface area contributed by atoms with E-state index in [9.17, 15) is 9.90 Å². The molecule has 1 saturated heterocycles. The molecule has 1 heterocycles. The maximum absolute atomic E-state index is 12.1. The average molecular weight is 331 g/mol. The predicted octanol–water partition coefficient (Wildman–Crippen LogP) is 2.25. The fraction of sp³-hybridized carbons (Fsp3) is 0.632. The van der Waals surface area contributed by atoms with E-state index in [-0.39, 0.29) is 12.1 Å². The third-order valence-corrected chi connectivity index (χ3v) is 5.27. The van der Waals surface area contributed by atoms with Crippen molar-refractivity contribution in [2.24, 2.45) is 0 Å². The van der Waals surface area contributed by atoms with Crippen LogP contribution in [0.5, 0.6) is 0 Å². The zero-order valence-corrected chi connectivity index (χ0v) is 14.3. The summed E-state index contributed by atoms with van der Waals surface area (Å²) in [5.41, 5.74) is 1.32. The first kappa shape index (κ1) is 17.2. The number of carbonyl (C=O) groups is 1. The zero-order valence-electron chi connectivity index (χ0n) is 14.3. The Morgan fingerprint density at radius 3 is 2.71 bits per heavy atom. The van der Waals surface area contributed by atoms with Gasteiger partial charge in [0.2, 0.25) is 0 Å². The summed E-state index contributed by atoms with van der Waals surface area (Å²) in [5, 5.41) is 15.9. The van der Waals surface area contributed by atoms with E-state index in [1.165, 1.54) is 12.0 Å². The van der Waals surface area contributed by atoms with Crippen LogP contribution in [0.2, 0.25) is 0 Å². The second-order valence-corrected chi connectivity index (χ2v) is 7.06. The lowest BCUT2D eigenvalue weighted by Gasteiger charge is -2.29. The Kier molecular flexibility index (Phi) is 6.10. The van der Waals surface area contributed by atoms with Crippen LogP contribution in [-0.4, -0.2) is 47.3 Å². The van der Waals surface area contributed by atoms with E-state index in [2.05, 4.69) is 39.8 Å². The lowest BCUT2D eigenvalue weighted by molar-refractivity contribution is 0.0941. The van der Waals surface area contributed by atoms with Crippen LogP contribution in [0, 0.1) is 0 Å². The van der Waals surface area contributed by atoms with E-state index in [1.807, 2.05) is 6.07 Å². The van der Waals surface area contributed by atoms with E-state index in [0.29, 0.717) is 12.6 Å². The Bertz CT molecular complexity index is 523. The minimum atomic E-state index is -0.398. The van der Waals surface area contributed by atoms with Gasteiger partial charge in [0.25, 0.3) is 0 Å². The molecule has 0 aromatic heterocycles.